The molecule has 0 saturated carbocycles. The van der Waals surface area contributed by atoms with Gasteiger partial charge in [0.1, 0.15) is 11.8 Å². The second-order valence-corrected chi connectivity index (χ2v) is 5.54. The lowest BCUT2D eigenvalue weighted by atomic mass is 10.2. The molecule has 1 atom stereocenters. The molecule has 2 amide bonds. The fraction of sp³-hybridized carbons (Fsp3) is 0.158. The van der Waals surface area contributed by atoms with Crippen LogP contribution in [-0.4, -0.2) is 24.2 Å². The number of hydrogen-bond donors (Lipinski definition) is 2. The van der Waals surface area contributed by atoms with E-state index >= 15 is 0 Å². The number of ether oxygens (including phenoxy) is 1. The van der Waals surface area contributed by atoms with Crippen molar-refractivity contribution in [1.29, 1.82) is 0 Å². The number of hydrogen-bond acceptors (Lipinski definition) is 3. The van der Waals surface area contributed by atoms with E-state index in [4.69, 9.17) is 0 Å². The molecule has 2 aromatic carbocycles. The van der Waals surface area contributed by atoms with Gasteiger partial charge in [-0.3, -0.25) is 9.59 Å². The minimum atomic E-state index is -4.82. The van der Waals surface area contributed by atoms with Crippen molar-refractivity contribution in [2.75, 3.05) is 5.32 Å². The summed E-state index contributed by atoms with van der Waals surface area (Å²) >= 11 is 0. The lowest BCUT2D eigenvalue weighted by molar-refractivity contribution is -0.274. The number of carbonyl (C=O) groups excluding carboxylic acids is 2. The van der Waals surface area contributed by atoms with Gasteiger partial charge in [-0.05, 0) is 30.7 Å². The predicted octanol–water partition coefficient (Wildman–Crippen LogP) is 3.74. The second-order valence-electron chi connectivity index (χ2n) is 5.54. The van der Waals surface area contributed by atoms with Crippen LogP contribution in [0.15, 0.2) is 60.7 Å². The first-order valence-corrected chi connectivity index (χ1v) is 7.93. The number of anilines is 1. The van der Waals surface area contributed by atoms with Gasteiger partial charge in [0.2, 0.25) is 11.8 Å². The van der Waals surface area contributed by atoms with Crippen molar-refractivity contribution in [3.63, 3.8) is 0 Å². The van der Waals surface area contributed by atoms with Gasteiger partial charge >= 0.3 is 6.36 Å². The molecule has 2 rings (SSSR count). The third kappa shape index (κ3) is 7.23. The maximum absolute atomic E-state index is 12.2. The molecule has 0 fully saturated rings. The Labute approximate surface area is 153 Å². The van der Waals surface area contributed by atoms with Crippen molar-refractivity contribution >= 4 is 23.6 Å². The smallest absolute Gasteiger partial charge is 0.406 e. The standard InChI is InChI=1S/C19H17F3N2O3/c1-13(23-17(25)11-10-14-6-3-2-4-7-14)18(26)24-15-8-5-9-16(12-15)27-19(20,21)22/h2-13H,1H3,(H,23,25)(H,24,26)/b11-10+. The van der Waals surface area contributed by atoms with E-state index in [1.165, 1.54) is 25.1 Å². The molecule has 0 bridgehead atoms. The van der Waals surface area contributed by atoms with Crippen LogP contribution in [0.1, 0.15) is 12.5 Å². The van der Waals surface area contributed by atoms with Crippen LogP contribution in [0.2, 0.25) is 0 Å². The summed E-state index contributed by atoms with van der Waals surface area (Å²) < 4.78 is 40.5. The molecule has 8 heteroatoms. The topological polar surface area (TPSA) is 67.4 Å². The van der Waals surface area contributed by atoms with Crippen molar-refractivity contribution in [3.8, 4) is 5.75 Å². The monoisotopic (exact) mass is 378 g/mol. The number of alkyl halides is 3. The Hall–Kier alpha value is -3.29. The van der Waals surface area contributed by atoms with Crippen molar-refractivity contribution in [1.82, 2.24) is 5.32 Å². The van der Waals surface area contributed by atoms with Crippen molar-refractivity contribution in [2.45, 2.75) is 19.3 Å². The molecule has 5 nitrogen and oxygen atoms in total. The Morgan fingerprint density at radius 3 is 2.44 bits per heavy atom. The highest BCUT2D eigenvalue weighted by molar-refractivity contribution is 5.99. The molecule has 2 aromatic rings. The average molecular weight is 378 g/mol. The summed E-state index contributed by atoms with van der Waals surface area (Å²) in [7, 11) is 0. The van der Waals surface area contributed by atoms with Crippen LogP contribution in [0, 0.1) is 0 Å². The number of benzene rings is 2. The van der Waals surface area contributed by atoms with Crippen LogP contribution >= 0.6 is 0 Å². The minimum absolute atomic E-state index is 0.114. The van der Waals surface area contributed by atoms with E-state index in [0.29, 0.717) is 0 Å². The Morgan fingerprint density at radius 1 is 1.07 bits per heavy atom. The fourth-order valence-electron chi connectivity index (χ4n) is 2.08. The number of halogens is 3. The zero-order valence-electron chi connectivity index (χ0n) is 14.3. The molecule has 0 saturated heterocycles. The van der Waals surface area contributed by atoms with Gasteiger partial charge in [-0.15, -0.1) is 13.2 Å². The zero-order chi connectivity index (χ0) is 19.9. The first kappa shape index (κ1) is 20.0. The summed E-state index contributed by atoms with van der Waals surface area (Å²) in [6.07, 6.45) is -1.94. The van der Waals surface area contributed by atoms with E-state index < -0.39 is 30.0 Å². The third-order valence-electron chi connectivity index (χ3n) is 3.31. The quantitative estimate of drug-likeness (QED) is 0.753. The fourth-order valence-corrected chi connectivity index (χ4v) is 2.08. The van der Waals surface area contributed by atoms with Crippen LogP contribution in [0.5, 0.6) is 5.75 Å². The third-order valence-corrected chi connectivity index (χ3v) is 3.31. The first-order chi connectivity index (χ1) is 12.7. The normalized spacial score (nSPS) is 12.4. The van der Waals surface area contributed by atoms with E-state index in [9.17, 15) is 22.8 Å². The molecule has 0 heterocycles. The molecule has 0 aliphatic rings. The highest BCUT2D eigenvalue weighted by atomic mass is 19.4. The van der Waals surface area contributed by atoms with Gasteiger partial charge in [0.25, 0.3) is 0 Å². The summed E-state index contributed by atoms with van der Waals surface area (Å²) in [4.78, 5) is 24.0. The SMILES string of the molecule is CC(NC(=O)/C=C/c1ccccc1)C(=O)Nc1cccc(OC(F)(F)F)c1. The van der Waals surface area contributed by atoms with Crippen LogP contribution in [0.4, 0.5) is 18.9 Å². The van der Waals surface area contributed by atoms with Gasteiger partial charge in [-0.1, -0.05) is 36.4 Å². The Bertz CT molecular complexity index is 820. The molecule has 0 aromatic heterocycles. The van der Waals surface area contributed by atoms with Crippen molar-refractivity contribution in [2.24, 2.45) is 0 Å². The molecule has 0 spiro atoms. The van der Waals surface area contributed by atoms with Gasteiger partial charge in [0.05, 0.1) is 0 Å². The highest BCUT2D eigenvalue weighted by Crippen LogP contribution is 2.25. The van der Waals surface area contributed by atoms with Crippen molar-refractivity contribution in [3.05, 3.63) is 66.2 Å². The lowest BCUT2D eigenvalue weighted by Crippen LogP contribution is -2.40. The zero-order valence-corrected chi connectivity index (χ0v) is 14.3. The molecule has 0 aliphatic carbocycles. The number of carbonyl (C=O) groups is 2. The molecule has 1 unspecified atom stereocenters. The Morgan fingerprint density at radius 2 is 1.78 bits per heavy atom. The highest BCUT2D eigenvalue weighted by Gasteiger charge is 2.31. The van der Waals surface area contributed by atoms with E-state index in [-0.39, 0.29) is 5.69 Å². The van der Waals surface area contributed by atoms with Gasteiger partial charge in [-0.25, -0.2) is 0 Å². The van der Waals surface area contributed by atoms with Crippen LogP contribution in [0.25, 0.3) is 6.08 Å². The lowest BCUT2D eigenvalue weighted by Gasteiger charge is -2.14. The Kier molecular flexibility index (Phi) is 6.59. The first-order valence-electron chi connectivity index (χ1n) is 7.93. The van der Waals surface area contributed by atoms with E-state index in [1.807, 2.05) is 30.3 Å². The average Bonchev–Trinajstić information content (AvgIpc) is 2.59. The molecular weight excluding hydrogens is 361 g/mol. The van der Waals surface area contributed by atoms with Gasteiger partial charge in [-0.2, -0.15) is 0 Å². The summed E-state index contributed by atoms with van der Waals surface area (Å²) in [5.74, 6) is -1.51. The molecule has 0 aliphatic heterocycles. The van der Waals surface area contributed by atoms with Crippen molar-refractivity contribution < 1.29 is 27.5 Å². The van der Waals surface area contributed by atoms with Gasteiger partial charge in [0.15, 0.2) is 0 Å². The summed E-state index contributed by atoms with van der Waals surface area (Å²) in [5.41, 5.74) is 0.939. The minimum Gasteiger partial charge on any atom is -0.406 e. The van der Waals surface area contributed by atoms with E-state index in [2.05, 4.69) is 15.4 Å². The number of amides is 2. The number of nitrogens with one attached hydrogen (secondary N) is 2. The molecule has 142 valence electrons. The predicted molar refractivity (Wildman–Crippen MR) is 94.8 cm³/mol. The summed E-state index contributed by atoms with van der Waals surface area (Å²) in [5, 5.41) is 4.90. The van der Waals surface area contributed by atoms with Gasteiger partial charge in [0, 0.05) is 17.8 Å². The van der Waals surface area contributed by atoms with Crippen LogP contribution < -0.4 is 15.4 Å². The van der Waals surface area contributed by atoms with Crippen LogP contribution in [0.3, 0.4) is 0 Å². The number of rotatable bonds is 6. The molecular formula is C19H17F3N2O3. The maximum Gasteiger partial charge on any atom is 0.573 e. The summed E-state index contributed by atoms with van der Waals surface area (Å²) in [6.45, 7) is 1.46. The molecule has 0 radical (unpaired) electrons. The van der Waals surface area contributed by atoms with E-state index in [0.717, 1.165) is 17.7 Å². The second kappa shape index (κ2) is 8.88. The molecule has 27 heavy (non-hydrogen) atoms. The van der Waals surface area contributed by atoms with E-state index in [1.54, 1.807) is 6.08 Å². The largest absolute Gasteiger partial charge is 0.573 e. The molecule has 2 N–H and O–H groups in total. The van der Waals surface area contributed by atoms with Crippen LogP contribution in [-0.2, 0) is 9.59 Å². The maximum atomic E-state index is 12.2. The summed E-state index contributed by atoms with van der Waals surface area (Å²) in [6, 6.07) is 13.1. The van der Waals surface area contributed by atoms with Gasteiger partial charge < -0.3 is 15.4 Å². The Balaban J connectivity index is 1.91.